The molecule has 5 nitrogen and oxygen atoms in total. The Kier molecular flexibility index (Phi) is 5.58. The van der Waals surface area contributed by atoms with Gasteiger partial charge in [-0.3, -0.25) is 4.79 Å². The number of primary amides is 1. The second-order valence-electron chi connectivity index (χ2n) is 7.44. The Balaban J connectivity index is 1.94. The maximum atomic E-state index is 11.9. The molecule has 3 N–H and O–H groups in total. The molecule has 0 aliphatic heterocycles. The average Bonchev–Trinajstić information content (AvgIpc) is 3.05. The molecule has 1 aliphatic rings. The molecule has 0 spiro atoms. The fraction of sp³-hybridized carbons (Fsp3) is 0.154. The van der Waals surface area contributed by atoms with E-state index in [4.69, 9.17) is 15.6 Å². The number of carbonyl (C=O) groups excluding carboxylic acids is 1. The number of aliphatic carboxylic acids is 1. The zero-order valence-corrected chi connectivity index (χ0v) is 17.2. The van der Waals surface area contributed by atoms with Gasteiger partial charge < -0.3 is 15.6 Å². The van der Waals surface area contributed by atoms with E-state index in [0.717, 1.165) is 44.2 Å². The van der Waals surface area contributed by atoms with Crippen molar-refractivity contribution in [1.82, 2.24) is 0 Å². The van der Waals surface area contributed by atoms with Gasteiger partial charge in [0.25, 0.3) is 0 Å². The molecule has 156 valence electrons. The quantitative estimate of drug-likeness (QED) is 0.577. The normalized spacial score (nSPS) is 14.2. The van der Waals surface area contributed by atoms with E-state index in [-0.39, 0.29) is 6.42 Å². The molecule has 0 heterocycles. The molecule has 1 amide bonds. The molecule has 3 aromatic rings. The highest BCUT2D eigenvalue weighted by molar-refractivity contribution is 6.11. The second-order valence-corrected chi connectivity index (χ2v) is 7.44. The number of hydrogen-bond donors (Lipinski definition) is 2. The number of carboxylic acids is 1. The van der Waals surface area contributed by atoms with E-state index in [1.807, 2.05) is 37.3 Å². The van der Waals surface area contributed by atoms with E-state index < -0.39 is 18.5 Å². The molecule has 31 heavy (non-hydrogen) atoms. The Bertz CT molecular complexity index is 1250. The minimum absolute atomic E-state index is 0.0660. The Morgan fingerprint density at radius 2 is 1.74 bits per heavy atom. The van der Waals surface area contributed by atoms with E-state index in [2.05, 4.69) is 30.3 Å². The van der Waals surface area contributed by atoms with Gasteiger partial charge in [0.2, 0.25) is 5.91 Å². The van der Waals surface area contributed by atoms with Crippen molar-refractivity contribution in [2.24, 2.45) is 5.73 Å². The smallest absolute Gasteiger partial charge is 0.341 e. The minimum Gasteiger partial charge on any atom is -0.481 e. The number of carboxylic acid groups (broad SMARTS) is 1. The highest BCUT2D eigenvalue weighted by Gasteiger charge is 2.29. The van der Waals surface area contributed by atoms with E-state index in [1.165, 1.54) is 0 Å². The monoisotopic (exact) mass is 413 g/mol. The van der Waals surface area contributed by atoms with E-state index >= 15 is 0 Å². The molecule has 0 fully saturated rings. The van der Waals surface area contributed by atoms with Crippen molar-refractivity contribution in [3.63, 3.8) is 0 Å². The predicted molar refractivity (Wildman–Crippen MR) is 122 cm³/mol. The van der Waals surface area contributed by atoms with Crippen molar-refractivity contribution in [1.29, 1.82) is 0 Å². The van der Waals surface area contributed by atoms with Crippen LogP contribution in [0.25, 0.3) is 28.0 Å². The van der Waals surface area contributed by atoms with Crippen molar-refractivity contribution in [3.05, 3.63) is 82.9 Å². The highest BCUT2D eigenvalue weighted by Crippen LogP contribution is 2.49. The van der Waals surface area contributed by atoms with Crippen LogP contribution in [0.4, 0.5) is 0 Å². The topological polar surface area (TPSA) is 89.6 Å². The van der Waals surface area contributed by atoms with E-state index in [1.54, 1.807) is 6.07 Å². The molecule has 0 bridgehead atoms. The van der Waals surface area contributed by atoms with Crippen LogP contribution in [0.3, 0.4) is 0 Å². The lowest BCUT2D eigenvalue weighted by Crippen LogP contribution is -2.13. The van der Waals surface area contributed by atoms with Crippen LogP contribution in [0.1, 0.15) is 36.5 Å². The zero-order chi connectivity index (χ0) is 22.0. The Morgan fingerprint density at radius 1 is 1.00 bits per heavy atom. The Labute approximate surface area is 180 Å². The third-order valence-corrected chi connectivity index (χ3v) is 5.49. The van der Waals surface area contributed by atoms with Crippen molar-refractivity contribution in [3.8, 4) is 5.75 Å². The van der Waals surface area contributed by atoms with Crippen molar-refractivity contribution in [2.75, 3.05) is 6.61 Å². The first-order chi connectivity index (χ1) is 15.0. The number of amides is 1. The molecule has 5 heteroatoms. The lowest BCUT2D eigenvalue weighted by atomic mass is 9.96. The van der Waals surface area contributed by atoms with Crippen molar-refractivity contribution >= 4 is 39.9 Å². The van der Waals surface area contributed by atoms with Gasteiger partial charge in [-0.15, -0.1) is 0 Å². The molecule has 4 rings (SSSR count). The fourth-order valence-corrected chi connectivity index (χ4v) is 4.27. The van der Waals surface area contributed by atoms with Crippen molar-refractivity contribution < 1.29 is 19.4 Å². The third kappa shape index (κ3) is 3.94. The SMILES string of the molecule is CCC1=C(CC(N)=O)c2c(OCC(=O)O)cccc2/C1=C/c1cccc2ccccc12. The molecule has 1 aliphatic carbocycles. The molecule has 0 atom stereocenters. The standard InChI is InChI=1S/C26H23NO4/c1-2-18-21(13-17-9-5-8-16-7-3-4-10-19(16)17)20-11-6-12-23(31-15-25(29)30)26(20)22(18)14-24(27)28/h3-13H,2,14-15H2,1H3,(H2,27,28)(H,29,30)/b21-13+. The van der Waals surface area contributed by atoms with Gasteiger partial charge in [-0.2, -0.15) is 0 Å². The Morgan fingerprint density at radius 3 is 2.48 bits per heavy atom. The summed E-state index contributed by atoms with van der Waals surface area (Å²) in [6, 6.07) is 19.9. The largest absolute Gasteiger partial charge is 0.481 e. The minimum atomic E-state index is -1.06. The van der Waals surface area contributed by atoms with Gasteiger partial charge in [0, 0.05) is 5.56 Å². The number of carbonyl (C=O) groups is 2. The van der Waals surface area contributed by atoms with Crippen LogP contribution >= 0.6 is 0 Å². The van der Waals surface area contributed by atoms with E-state index in [9.17, 15) is 9.59 Å². The lowest BCUT2D eigenvalue weighted by Gasteiger charge is -2.12. The van der Waals surface area contributed by atoms with Gasteiger partial charge in [-0.1, -0.05) is 61.5 Å². The predicted octanol–water partition coefficient (Wildman–Crippen LogP) is 4.90. The molecule has 0 saturated heterocycles. The first kappa shape index (κ1) is 20.4. The number of nitrogens with two attached hydrogens (primary N) is 1. The number of rotatable bonds is 7. The molecule has 0 aromatic heterocycles. The van der Waals surface area contributed by atoms with Crippen LogP contribution in [-0.2, 0) is 9.59 Å². The lowest BCUT2D eigenvalue weighted by molar-refractivity contribution is -0.139. The maximum Gasteiger partial charge on any atom is 0.341 e. The first-order valence-electron chi connectivity index (χ1n) is 10.2. The Hall–Kier alpha value is -3.86. The summed E-state index contributed by atoms with van der Waals surface area (Å²) >= 11 is 0. The molecular weight excluding hydrogens is 390 g/mol. The number of hydrogen-bond acceptors (Lipinski definition) is 3. The second kappa shape index (κ2) is 8.48. The van der Waals surface area contributed by atoms with Crippen LogP contribution in [-0.4, -0.2) is 23.6 Å². The van der Waals surface area contributed by atoms with Crippen molar-refractivity contribution in [2.45, 2.75) is 19.8 Å². The van der Waals surface area contributed by atoms with Crippen LogP contribution < -0.4 is 10.5 Å². The van der Waals surface area contributed by atoms with Gasteiger partial charge >= 0.3 is 5.97 Å². The molecule has 0 radical (unpaired) electrons. The summed E-state index contributed by atoms with van der Waals surface area (Å²) in [5, 5.41) is 11.3. The molecular formula is C26H23NO4. The van der Waals surface area contributed by atoms with Gasteiger partial charge in [0.05, 0.1) is 6.42 Å². The van der Waals surface area contributed by atoms with E-state index in [0.29, 0.717) is 12.2 Å². The highest BCUT2D eigenvalue weighted by atomic mass is 16.5. The summed E-state index contributed by atoms with van der Waals surface area (Å²) in [5.74, 6) is -1.05. The summed E-state index contributed by atoms with van der Waals surface area (Å²) < 4.78 is 5.57. The first-order valence-corrected chi connectivity index (χ1v) is 10.2. The fourth-order valence-electron chi connectivity index (χ4n) is 4.27. The molecule has 0 saturated carbocycles. The van der Waals surface area contributed by atoms with Gasteiger partial charge in [-0.05, 0) is 57.2 Å². The van der Waals surface area contributed by atoms with Gasteiger partial charge in [0.1, 0.15) is 5.75 Å². The summed E-state index contributed by atoms with van der Waals surface area (Å²) in [6.07, 6.45) is 2.90. The molecule has 0 unspecified atom stereocenters. The van der Waals surface area contributed by atoms with Crippen LogP contribution in [0.5, 0.6) is 5.75 Å². The zero-order valence-electron chi connectivity index (χ0n) is 17.2. The third-order valence-electron chi connectivity index (χ3n) is 5.49. The van der Waals surface area contributed by atoms with Gasteiger partial charge in [0.15, 0.2) is 6.61 Å². The van der Waals surface area contributed by atoms with Crippen LogP contribution in [0, 0.1) is 0 Å². The van der Waals surface area contributed by atoms with Crippen LogP contribution in [0.15, 0.2) is 66.2 Å². The van der Waals surface area contributed by atoms with Gasteiger partial charge in [-0.25, -0.2) is 4.79 Å². The summed E-state index contributed by atoms with van der Waals surface area (Å²) in [5.41, 5.74) is 11.1. The average molecular weight is 413 g/mol. The number of ether oxygens (including phenoxy) is 1. The number of fused-ring (bicyclic) bond motifs is 2. The summed E-state index contributed by atoms with van der Waals surface area (Å²) in [7, 11) is 0. The summed E-state index contributed by atoms with van der Waals surface area (Å²) in [4.78, 5) is 22.9. The summed E-state index contributed by atoms with van der Waals surface area (Å²) in [6.45, 7) is 1.58. The van der Waals surface area contributed by atoms with Crippen LogP contribution in [0.2, 0.25) is 0 Å². The maximum absolute atomic E-state index is 11.9. The molecule has 3 aromatic carbocycles. The number of allylic oxidation sites excluding steroid dienone is 2. The number of benzene rings is 3.